The molecule has 2 amide bonds. The number of rotatable bonds is 6. The lowest BCUT2D eigenvalue weighted by Crippen LogP contribution is -2.41. The Morgan fingerprint density at radius 1 is 1.29 bits per heavy atom. The van der Waals surface area contributed by atoms with Crippen LogP contribution in [-0.2, 0) is 18.0 Å². The van der Waals surface area contributed by atoms with E-state index in [0.29, 0.717) is 19.8 Å². The first-order chi connectivity index (χ1) is 10.1. The van der Waals surface area contributed by atoms with Crippen LogP contribution in [0.3, 0.4) is 0 Å². The summed E-state index contributed by atoms with van der Waals surface area (Å²) in [5.74, 6) is 0. The van der Waals surface area contributed by atoms with Crippen LogP contribution in [0.5, 0.6) is 0 Å². The van der Waals surface area contributed by atoms with Crippen molar-refractivity contribution < 1.29 is 14.6 Å². The SMILES string of the molecule is CCC(CC)(CO)CNC(=O)Nc1ccc2c(c1)COC2. The topological polar surface area (TPSA) is 70.6 Å². The summed E-state index contributed by atoms with van der Waals surface area (Å²) in [5, 5.41) is 15.2. The number of benzene rings is 1. The minimum Gasteiger partial charge on any atom is -0.396 e. The Balaban J connectivity index is 1.90. The van der Waals surface area contributed by atoms with Gasteiger partial charge in [0, 0.05) is 17.6 Å². The summed E-state index contributed by atoms with van der Waals surface area (Å²) in [7, 11) is 0. The van der Waals surface area contributed by atoms with Crippen molar-refractivity contribution in [2.45, 2.75) is 39.9 Å². The Morgan fingerprint density at radius 2 is 2.00 bits per heavy atom. The predicted octanol–water partition coefficient (Wildman–Crippen LogP) is 2.64. The molecule has 1 heterocycles. The highest BCUT2D eigenvalue weighted by Gasteiger charge is 2.25. The zero-order chi connectivity index (χ0) is 15.3. The highest BCUT2D eigenvalue weighted by molar-refractivity contribution is 5.89. The van der Waals surface area contributed by atoms with Crippen molar-refractivity contribution in [3.05, 3.63) is 29.3 Å². The number of carbonyl (C=O) groups is 1. The lowest BCUT2D eigenvalue weighted by Gasteiger charge is -2.29. The number of urea groups is 1. The number of nitrogens with one attached hydrogen (secondary N) is 2. The average molecular weight is 292 g/mol. The monoisotopic (exact) mass is 292 g/mol. The van der Waals surface area contributed by atoms with Gasteiger partial charge in [-0.25, -0.2) is 4.79 Å². The number of ether oxygens (including phenoxy) is 1. The largest absolute Gasteiger partial charge is 0.396 e. The summed E-state index contributed by atoms with van der Waals surface area (Å²) in [4.78, 5) is 12.0. The molecule has 0 aliphatic carbocycles. The summed E-state index contributed by atoms with van der Waals surface area (Å²) in [5.41, 5.74) is 2.83. The molecule has 1 aromatic carbocycles. The quantitative estimate of drug-likeness (QED) is 0.755. The van der Waals surface area contributed by atoms with E-state index in [1.807, 2.05) is 32.0 Å². The molecule has 0 saturated heterocycles. The molecular formula is C16H24N2O3. The van der Waals surface area contributed by atoms with Crippen molar-refractivity contribution in [2.75, 3.05) is 18.5 Å². The Morgan fingerprint density at radius 3 is 2.67 bits per heavy atom. The van der Waals surface area contributed by atoms with Crippen LogP contribution in [0.15, 0.2) is 18.2 Å². The van der Waals surface area contributed by atoms with Crippen molar-refractivity contribution in [3.63, 3.8) is 0 Å². The maximum Gasteiger partial charge on any atom is 0.319 e. The lowest BCUT2D eigenvalue weighted by molar-refractivity contribution is 0.116. The van der Waals surface area contributed by atoms with Crippen molar-refractivity contribution in [1.29, 1.82) is 0 Å². The predicted molar refractivity (Wildman–Crippen MR) is 82.1 cm³/mol. The van der Waals surface area contributed by atoms with Gasteiger partial charge in [-0.3, -0.25) is 0 Å². The Kier molecular flexibility index (Phi) is 5.20. The second kappa shape index (κ2) is 6.91. The smallest absolute Gasteiger partial charge is 0.319 e. The van der Waals surface area contributed by atoms with E-state index in [0.717, 1.165) is 24.1 Å². The molecule has 0 bridgehead atoms. The van der Waals surface area contributed by atoms with E-state index in [1.165, 1.54) is 5.56 Å². The fourth-order valence-corrected chi connectivity index (χ4v) is 2.47. The van der Waals surface area contributed by atoms with Gasteiger partial charge in [0.25, 0.3) is 0 Å². The van der Waals surface area contributed by atoms with Crippen LogP contribution in [0.4, 0.5) is 10.5 Å². The molecule has 2 rings (SSSR count). The molecule has 0 unspecified atom stereocenters. The molecule has 0 saturated carbocycles. The normalized spacial score (nSPS) is 13.9. The van der Waals surface area contributed by atoms with Gasteiger partial charge in [0.2, 0.25) is 0 Å². The Labute approximate surface area is 125 Å². The lowest BCUT2D eigenvalue weighted by atomic mass is 9.83. The van der Waals surface area contributed by atoms with Gasteiger partial charge in [0.15, 0.2) is 0 Å². The molecule has 1 aromatic rings. The van der Waals surface area contributed by atoms with Gasteiger partial charge in [-0.2, -0.15) is 0 Å². The van der Waals surface area contributed by atoms with Crippen LogP contribution >= 0.6 is 0 Å². The van der Waals surface area contributed by atoms with Crippen molar-refractivity contribution in [1.82, 2.24) is 5.32 Å². The van der Waals surface area contributed by atoms with Gasteiger partial charge in [-0.1, -0.05) is 19.9 Å². The molecule has 21 heavy (non-hydrogen) atoms. The minimum absolute atomic E-state index is 0.0798. The fraction of sp³-hybridized carbons (Fsp3) is 0.562. The minimum atomic E-state index is -0.242. The van der Waals surface area contributed by atoms with E-state index in [9.17, 15) is 9.90 Å². The van der Waals surface area contributed by atoms with Crippen LogP contribution in [0, 0.1) is 5.41 Å². The molecule has 0 aromatic heterocycles. The van der Waals surface area contributed by atoms with Crippen LogP contribution < -0.4 is 10.6 Å². The summed E-state index contributed by atoms with van der Waals surface area (Å²) >= 11 is 0. The molecule has 0 spiro atoms. The van der Waals surface area contributed by atoms with Gasteiger partial charge in [-0.15, -0.1) is 0 Å². The van der Waals surface area contributed by atoms with Crippen LogP contribution in [0.25, 0.3) is 0 Å². The van der Waals surface area contributed by atoms with E-state index in [1.54, 1.807) is 0 Å². The zero-order valence-corrected chi connectivity index (χ0v) is 12.7. The number of aliphatic hydroxyl groups excluding tert-OH is 1. The van der Waals surface area contributed by atoms with Gasteiger partial charge in [-0.05, 0) is 36.1 Å². The van der Waals surface area contributed by atoms with Crippen LogP contribution in [0.2, 0.25) is 0 Å². The summed E-state index contributed by atoms with van der Waals surface area (Å²) in [6.07, 6.45) is 1.66. The number of hydrogen-bond acceptors (Lipinski definition) is 3. The molecule has 0 atom stereocenters. The number of hydrogen-bond donors (Lipinski definition) is 3. The summed E-state index contributed by atoms with van der Waals surface area (Å²) in [6.45, 7) is 5.85. The van der Waals surface area contributed by atoms with E-state index >= 15 is 0 Å². The number of aliphatic hydroxyl groups is 1. The van der Waals surface area contributed by atoms with E-state index < -0.39 is 0 Å². The van der Waals surface area contributed by atoms with E-state index in [4.69, 9.17) is 4.74 Å². The second-order valence-electron chi connectivity index (χ2n) is 5.65. The van der Waals surface area contributed by atoms with Crippen LogP contribution in [-0.4, -0.2) is 24.3 Å². The first-order valence-corrected chi connectivity index (χ1v) is 7.47. The molecule has 0 fully saturated rings. The van der Waals surface area contributed by atoms with Gasteiger partial charge in [0.1, 0.15) is 0 Å². The molecule has 1 aliphatic rings. The van der Waals surface area contributed by atoms with Gasteiger partial charge >= 0.3 is 6.03 Å². The van der Waals surface area contributed by atoms with E-state index in [-0.39, 0.29) is 18.1 Å². The fourth-order valence-electron chi connectivity index (χ4n) is 2.47. The molecule has 5 nitrogen and oxygen atoms in total. The number of fused-ring (bicyclic) bond motifs is 1. The third-order valence-electron chi connectivity index (χ3n) is 4.44. The molecule has 3 N–H and O–H groups in total. The maximum atomic E-state index is 12.0. The first-order valence-electron chi connectivity index (χ1n) is 7.47. The number of amides is 2. The van der Waals surface area contributed by atoms with Crippen molar-refractivity contribution >= 4 is 11.7 Å². The first kappa shape index (κ1) is 15.8. The Bertz CT molecular complexity index is 490. The molecule has 116 valence electrons. The molecular weight excluding hydrogens is 268 g/mol. The third kappa shape index (κ3) is 3.74. The highest BCUT2D eigenvalue weighted by Crippen LogP contribution is 2.25. The Hall–Kier alpha value is -1.59. The third-order valence-corrected chi connectivity index (χ3v) is 4.44. The van der Waals surface area contributed by atoms with Gasteiger partial charge < -0.3 is 20.5 Å². The number of anilines is 1. The van der Waals surface area contributed by atoms with Crippen molar-refractivity contribution in [2.24, 2.45) is 5.41 Å². The molecule has 0 radical (unpaired) electrons. The van der Waals surface area contributed by atoms with Crippen molar-refractivity contribution in [3.8, 4) is 0 Å². The average Bonchev–Trinajstić information content (AvgIpc) is 2.97. The van der Waals surface area contributed by atoms with E-state index in [2.05, 4.69) is 10.6 Å². The highest BCUT2D eigenvalue weighted by atomic mass is 16.5. The van der Waals surface area contributed by atoms with Crippen LogP contribution in [0.1, 0.15) is 37.8 Å². The summed E-state index contributed by atoms with van der Waals surface area (Å²) < 4.78 is 5.35. The maximum absolute atomic E-state index is 12.0. The summed E-state index contributed by atoms with van der Waals surface area (Å²) in [6, 6.07) is 5.56. The zero-order valence-electron chi connectivity index (χ0n) is 12.7. The standard InChI is InChI=1S/C16H24N2O3/c1-3-16(4-2,11-19)10-17-15(20)18-14-6-5-12-8-21-9-13(12)7-14/h5-7,19H,3-4,8-11H2,1-2H3,(H2,17,18,20). The second-order valence-corrected chi connectivity index (χ2v) is 5.65. The molecule has 1 aliphatic heterocycles. The number of carbonyl (C=O) groups excluding carboxylic acids is 1. The van der Waals surface area contributed by atoms with Gasteiger partial charge in [0.05, 0.1) is 19.8 Å². The molecule has 5 heteroatoms.